The topological polar surface area (TPSA) is 80.8 Å². The molecule has 27 heavy (non-hydrogen) atoms. The van der Waals surface area contributed by atoms with Crippen LogP contribution in [0.2, 0.25) is 0 Å². The van der Waals surface area contributed by atoms with Crippen LogP contribution in [0.5, 0.6) is 0 Å². The number of hydrogen-bond acceptors (Lipinski definition) is 6. The van der Waals surface area contributed by atoms with E-state index in [4.69, 9.17) is 0 Å². The van der Waals surface area contributed by atoms with Gasteiger partial charge in [-0.05, 0) is 30.7 Å². The molecule has 0 saturated heterocycles. The van der Waals surface area contributed by atoms with Crippen LogP contribution >= 0.6 is 22.7 Å². The minimum Gasteiger partial charge on any atom is -0.340 e. The van der Waals surface area contributed by atoms with Crippen LogP contribution in [-0.4, -0.2) is 43.0 Å². The summed E-state index contributed by atoms with van der Waals surface area (Å²) >= 11 is 2.37. The Hall–Kier alpha value is -2.36. The molecule has 0 atom stereocenters. The van der Waals surface area contributed by atoms with Crippen molar-refractivity contribution < 1.29 is 14.6 Å². The highest BCUT2D eigenvalue weighted by Crippen LogP contribution is 2.32. The number of benzene rings is 1. The monoisotopic (exact) mass is 405 g/mol. The van der Waals surface area contributed by atoms with E-state index in [1.807, 2.05) is 19.1 Å². The highest BCUT2D eigenvalue weighted by Gasteiger charge is 2.24. The smallest absolute Gasteiger partial charge is 0.324 e. The van der Waals surface area contributed by atoms with Crippen molar-refractivity contribution in [1.29, 1.82) is 0 Å². The molecule has 2 heterocycles. The van der Waals surface area contributed by atoms with Crippen LogP contribution in [0.25, 0.3) is 10.2 Å². The Kier molecular flexibility index (Phi) is 5.83. The molecule has 0 bridgehead atoms. The standard InChI is InChI=1S/C18H20N4O3S2/c1-12-5-6-13-15(11-12)27-18(19-13)21(10-4-9-20(2)3)17(23)14-7-8-16(26-14)22(24)25/h5-8,11H,4,9-10H2,1-3H3/p+1. The zero-order valence-electron chi connectivity index (χ0n) is 15.4. The fourth-order valence-electron chi connectivity index (χ4n) is 2.68. The summed E-state index contributed by atoms with van der Waals surface area (Å²) in [5, 5.41) is 11.5. The third-order valence-electron chi connectivity index (χ3n) is 4.05. The second-order valence-electron chi connectivity index (χ2n) is 6.63. The Balaban J connectivity index is 1.93. The normalized spacial score (nSPS) is 11.3. The van der Waals surface area contributed by atoms with E-state index >= 15 is 0 Å². The van der Waals surface area contributed by atoms with Crippen LogP contribution in [0, 0.1) is 17.0 Å². The third-order valence-corrected chi connectivity index (χ3v) is 6.12. The molecule has 3 rings (SSSR count). The summed E-state index contributed by atoms with van der Waals surface area (Å²) in [6.45, 7) is 3.46. The molecule has 0 aliphatic rings. The quantitative estimate of drug-likeness (QED) is 0.484. The van der Waals surface area contributed by atoms with Gasteiger partial charge in [0, 0.05) is 19.0 Å². The molecule has 7 nitrogen and oxygen atoms in total. The van der Waals surface area contributed by atoms with Crippen molar-refractivity contribution in [1.82, 2.24) is 4.98 Å². The van der Waals surface area contributed by atoms with Crippen LogP contribution in [-0.2, 0) is 0 Å². The Bertz CT molecular complexity index is 980. The molecule has 1 N–H and O–H groups in total. The Labute approximate surface area is 165 Å². The molecule has 0 aliphatic carbocycles. The summed E-state index contributed by atoms with van der Waals surface area (Å²) in [7, 11) is 4.13. The van der Waals surface area contributed by atoms with Gasteiger partial charge in [-0.2, -0.15) is 0 Å². The van der Waals surface area contributed by atoms with Gasteiger partial charge in [-0.1, -0.05) is 28.7 Å². The molecule has 1 amide bonds. The number of hydrogen-bond donors (Lipinski definition) is 1. The first-order chi connectivity index (χ1) is 12.8. The maximum atomic E-state index is 13.1. The van der Waals surface area contributed by atoms with Crippen LogP contribution in [0.1, 0.15) is 21.7 Å². The van der Waals surface area contributed by atoms with Gasteiger partial charge in [-0.3, -0.25) is 19.8 Å². The molecule has 3 aromatic rings. The fourth-order valence-corrected chi connectivity index (χ4v) is 4.54. The molecule has 0 radical (unpaired) electrons. The van der Waals surface area contributed by atoms with Crippen molar-refractivity contribution in [3.8, 4) is 0 Å². The van der Waals surface area contributed by atoms with Crippen LogP contribution < -0.4 is 9.80 Å². The lowest BCUT2D eigenvalue weighted by molar-refractivity contribution is -0.858. The van der Waals surface area contributed by atoms with Gasteiger partial charge in [0.1, 0.15) is 0 Å². The molecule has 0 saturated carbocycles. The zero-order valence-corrected chi connectivity index (χ0v) is 17.0. The van der Waals surface area contributed by atoms with E-state index in [0.717, 1.165) is 40.1 Å². The number of nitro groups is 1. The predicted octanol–water partition coefficient (Wildman–Crippen LogP) is 2.76. The number of thiophene rings is 1. The zero-order chi connectivity index (χ0) is 19.6. The van der Waals surface area contributed by atoms with Crippen molar-refractivity contribution in [2.45, 2.75) is 13.3 Å². The number of aryl methyl sites for hydroxylation is 1. The van der Waals surface area contributed by atoms with E-state index in [-0.39, 0.29) is 10.9 Å². The second-order valence-corrected chi connectivity index (χ2v) is 8.70. The Morgan fingerprint density at radius 3 is 2.70 bits per heavy atom. The number of quaternary nitrogens is 1. The average molecular weight is 406 g/mol. The minimum atomic E-state index is -0.471. The molecule has 1 aromatic carbocycles. The molecule has 0 aliphatic heterocycles. The van der Waals surface area contributed by atoms with Gasteiger partial charge >= 0.3 is 5.00 Å². The van der Waals surface area contributed by atoms with Gasteiger partial charge in [0.2, 0.25) is 0 Å². The van der Waals surface area contributed by atoms with E-state index < -0.39 is 4.92 Å². The van der Waals surface area contributed by atoms with Crippen LogP contribution in [0.4, 0.5) is 10.1 Å². The molecule has 0 spiro atoms. The Morgan fingerprint density at radius 2 is 2.04 bits per heavy atom. The van der Waals surface area contributed by atoms with E-state index in [0.29, 0.717) is 16.6 Å². The van der Waals surface area contributed by atoms with Crippen molar-refractivity contribution in [2.75, 3.05) is 32.1 Å². The molecule has 142 valence electrons. The molecule has 9 heteroatoms. The highest BCUT2D eigenvalue weighted by molar-refractivity contribution is 7.22. The van der Waals surface area contributed by atoms with E-state index in [1.54, 1.807) is 4.90 Å². The van der Waals surface area contributed by atoms with Gasteiger partial charge in [0.05, 0.1) is 40.7 Å². The highest BCUT2D eigenvalue weighted by atomic mass is 32.1. The second kappa shape index (κ2) is 8.12. The lowest BCUT2D eigenvalue weighted by atomic mass is 10.2. The maximum Gasteiger partial charge on any atom is 0.324 e. The molecule has 0 unspecified atom stereocenters. The van der Waals surface area contributed by atoms with E-state index in [2.05, 4.69) is 25.1 Å². The van der Waals surface area contributed by atoms with Crippen molar-refractivity contribution >= 4 is 48.9 Å². The van der Waals surface area contributed by atoms with Crippen molar-refractivity contribution in [3.05, 3.63) is 50.9 Å². The van der Waals surface area contributed by atoms with Gasteiger partial charge in [-0.15, -0.1) is 0 Å². The van der Waals surface area contributed by atoms with E-state index in [1.165, 1.54) is 28.4 Å². The summed E-state index contributed by atoms with van der Waals surface area (Å²) < 4.78 is 1.03. The predicted molar refractivity (Wildman–Crippen MR) is 109 cm³/mol. The molecular formula is C18H21N4O3S2+. The third kappa shape index (κ3) is 4.49. The number of fused-ring (bicyclic) bond motifs is 1. The van der Waals surface area contributed by atoms with Gasteiger partial charge in [0.15, 0.2) is 5.13 Å². The van der Waals surface area contributed by atoms with Gasteiger partial charge in [-0.25, -0.2) is 4.98 Å². The van der Waals surface area contributed by atoms with E-state index in [9.17, 15) is 14.9 Å². The first-order valence-electron chi connectivity index (χ1n) is 8.57. The molecule has 0 fully saturated rings. The summed E-state index contributed by atoms with van der Waals surface area (Å²) in [6.07, 6.45) is 0.816. The Morgan fingerprint density at radius 1 is 1.26 bits per heavy atom. The summed E-state index contributed by atoms with van der Waals surface area (Å²) in [4.78, 5) is 31.5. The van der Waals surface area contributed by atoms with Crippen LogP contribution in [0.15, 0.2) is 30.3 Å². The number of thiazole rings is 1. The van der Waals surface area contributed by atoms with Crippen LogP contribution in [0.3, 0.4) is 0 Å². The van der Waals surface area contributed by atoms with Gasteiger partial charge < -0.3 is 4.90 Å². The number of aromatic nitrogens is 1. The molecule has 2 aromatic heterocycles. The number of carbonyl (C=O) groups excluding carboxylic acids is 1. The largest absolute Gasteiger partial charge is 0.340 e. The number of rotatable bonds is 7. The summed E-state index contributed by atoms with van der Waals surface area (Å²) in [5.41, 5.74) is 1.99. The number of anilines is 1. The van der Waals surface area contributed by atoms with Gasteiger partial charge in [0.25, 0.3) is 5.91 Å². The number of carbonyl (C=O) groups is 1. The molecular weight excluding hydrogens is 384 g/mol. The summed E-state index contributed by atoms with van der Waals surface area (Å²) in [6, 6.07) is 8.90. The van der Waals surface area contributed by atoms with Crippen molar-refractivity contribution in [2.24, 2.45) is 0 Å². The lowest BCUT2D eigenvalue weighted by Gasteiger charge is -2.19. The number of amides is 1. The number of nitrogens with zero attached hydrogens (tertiary/aromatic N) is 3. The first-order valence-corrected chi connectivity index (χ1v) is 10.2. The lowest BCUT2D eigenvalue weighted by Crippen LogP contribution is -3.05. The summed E-state index contributed by atoms with van der Waals surface area (Å²) in [5.74, 6) is -0.238. The maximum absolute atomic E-state index is 13.1. The minimum absolute atomic E-state index is 0.0315. The first kappa shape index (κ1) is 19.4. The average Bonchev–Trinajstić information content (AvgIpc) is 3.24. The number of nitrogens with one attached hydrogen (secondary N) is 1. The van der Waals surface area contributed by atoms with Crippen molar-refractivity contribution in [3.63, 3.8) is 0 Å². The SMILES string of the molecule is Cc1ccc2nc(N(CCC[NH+](C)C)C(=O)c3ccc([N+](=O)[O-])s3)sc2c1. The fraction of sp³-hybridized carbons (Fsp3) is 0.333.